The number of rotatable bonds is 2. The Hall–Kier alpha value is 0.492. The molecule has 0 aliphatic heterocycles. The molecule has 1 nitrogen and oxygen atoms in total. The van der Waals surface area contributed by atoms with Gasteiger partial charge in [-0.3, -0.25) is 0 Å². The van der Waals surface area contributed by atoms with Crippen LogP contribution < -0.4 is 0 Å². The Labute approximate surface area is 72.3 Å². The Morgan fingerprint density at radius 1 is 0.900 bits per heavy atom. The van der Waals surface area contributed by atoms with Crippen molar-refractivity contribution in [2.75, 3.05) is 0 Å². The van der Waals surface area contributed by atoms with Crippen LogP contribution in [0.4, 0.5) is 0 Å². The molecule has 60 valence electrons. The molecule has 0 spiro atoms. The normalized spacial score (nSPS) is 8.80. The molecule has 0 bridgehead atoms. The van der Waals surface area contributed by atoms with Crippen molar-refractivity contribution < 1.29 is 0 Å². The van der Waals surface area contributed by atoms with Crippen LogP contribution in [0.15, 0.2) is 0 Å². The minimum absolute atomic E-state index is 0.500. The summed E-state index contributed by atoms with van der Waals surface area (Å²) in [5.41, 5.74) is 0. The third-order valence-electron chi connectivity index (χ3n) is 0.596. The summed E-state index contributed by atoms with van der Waals surface area (Å²) in [6.45, 7) is 8.39. The third-order valence-corrected chi connectivity index (χ3v) is 0.596. The topological polar surface area (TPSA) is 14.1 Å². The van der Waals surface area contributed by atoms with Crippen LogP contribution in [0.2, 0.25) is 11.6 Å². The van der Waals surface area contributed by atoms with Gasteiger partial charge in [0.1, 0.15) is 0 Å². The van der Waals surface area contributed by atoms with Crippen molar-refractivity contribution in [3.05, 3.63) is 5.32 Å². The van der Waals surface area contributed by atoms with Crippen LogP contribution in [-0.2, 0) is 0 Å². The number of hydrogen-bond donors (Lipinski definition) is 0. The molecule has 0 amide bonds. The fourth-order valence-corrected chi connectivity index (χ4v) is 0.596. The van der Waals surface area contributed by atoms with Crippen LogP contribution in [0.3, 0.4) is 0 Å². The Morgan fingerprint density at radius 3 is 1.10 bits per heavy atom. The van der Waals surface area contributed by atoms with Crippen LogP contribution in [-0.4, -0.2) is 27.3 Å². The molecule has 0 rings (SSSR count). The fourth-order valence-electron chi connectivity index (χ4n) is 0.596. The van der Waals surface area contributed by atoms with Crippen LogP contribution in [0.1, 0.15) is 27.7 Å². The van der Waals surface area contributed by atoms with E-state index in [2.05, 4.69) is 44.6 Å². The molecule has 0 heterocycles. The monoisotopic (exact) mass is 157 g/mol. The first-order chi connectivity index (χ1) is 4.54. The SMILES string of the molecule is CC(C)[N-]C(C)C.[CH3][Al+][CH3]. The van der Waals surface area contributed by atoms with E-state index >= 15 is 0 Å². The number of nitrogens with zero attached hydrogens (tertiary/aromatic N) is 1. The average Bonchev–Trinajstić information content (AvgIpc) is 1.62. The average molecular weight is 157 g/mol. The summed E-state index contributed by atoms with van der Waals surface area (Å²) in [4.78, 5) is 0. The summed E-state index contributed by atoms with van der Waals surface area (Å²) < 4.78 is 0. The van der Waals surface area contributed by atoms with Crippen molar-refractivity contribution >= 4 is 15.2 Å². The first kappa shape index (κ1) is 13.1. The van der Waals surface area contributed by atoms with E-state index in [0.717, 1.165) is 15.2 Å². The first-order valence-electron chi connectivity index (χ1n) is 3.98. The standard InChI is InChI=1S/C6H14N.2CH3.Al/c1-5(2)7-6(3)4;;;/h5-6H,1-4H3;2*1H3;/q-1;;;+1. The van der Waals surface area contributed by atoms with E-state index in [1.54, 1.807) is 0 Å². The van der Waals surface area contributed by atoms with Gasteiger partial charge in [0, 0.05) is 0 Å². The van der Waals surface area contributed by atoms with Gasteiger partial charge in [0.15, 0.2) is 0 Å². The zero-order chi connectivity index (χ0) is 8.57. The predicted octanol–water partition coefficient (Wildman–Crippen LogP) is 2.96. The summed E-state index contributed by atoms with van der Waals surface area (Å²) in [5, 5.41) is 4.28. The van der Waals surface area contributed by atoms with Gasteiger partial charge in [0.2, 0.25) is 0 Å². The molecule has 0 saturated heterocycles. The summed E-state index contributed by atoms with van der Waals surface area (Å²) >= 11 is 0.750. The molecule has 0 aromatic carbocycles. The van der Waals surface area contributed by atoms with E-state index in [1.807, 2.05) is 0 Å². The van der Waals surface area contributed by atoms with Gasteiger partial charge in [0.05, 0.1) is 0 Å². The molecule has 2 heteroatoms. The molecule has 0 aliphatic carbocycles. The second kappa shape index (κ2) is 9.49. The van der Waals surface area contributed by atoms with Crippen molar-refractivity contribution in [1.29, 1.82) is 0 Å². The third kappa shape index (κ3) is 23.6. The molecule has 10 heavy (non-hydrogen) atoms. The predicted molar refractivity (Wildman–Crippen MR) is 51.1 cm³/mol. The molecule has 0 unspecified atom stereocenters. The van der Waals surface area contributed by atoms with Gasteiger partial charge in [-0.1, -0.05) is 27.7 Å². The first-order valence-corrected chi connectivity index (χ1v) is 6.29. The molecule has 0 atom stereocenters. The second-order valence-electron chi connectivity index (χ2n) is 2.91. The molecule has 0 radical (unpaired) electrons. The molecule has 0 N–H and O–H groups in total. The van der Waals surface area contributed by atoms with Crippen molar-refractivity contribution in [2.45, 2.75) is 51.4 Å². The van der Waals surface area contributed by atoms with Gasteiger partial charge in [0.25, 0.3) is 0 Å². The van der Waals surface area contributed by atoms with E-state index in [1.165, 1.54) is 0 Å². The molecule has 0 saturated carbocycles. The number of hydrogen-bond acceptors (Lipinski definition) is 0. The molecular weight excluding hydrogens is 137 g/mol. The van der Waals surface area contributed by atoms with E-state index < -0.39 is 0 Å². The maximum absolute atomic E-state index is 4.28. The molecule has 0 aliphatic rings. The quantitative estimate of drug-likeness (QED) is 0.547. The van der Waals surface area contributed by atoms with Gasteiger partial charge in [-0.15, -0.1) is 12.1 Å². The van der Waals surface area contributed by atoms with Gasteiger partial charge in [-0.2, -0.15) is 0 Å². The van der Waals surface area contributed by atoms with E-state index in [-0.39, 0.29) is 0 Å². The van der Waals surface area contributed by atoms with Crippen LogP contribution in [0.5, 0.6) is 0 Å². The van der Waals surface area contributed by atoms with Crippen molar-refractivity contribution in [3.8, 4) is 0 Å². The van der Waals surface area contributed by atoms with Gasteiger partial charge < -0.3 is 5.32 Å². The van der Waals surface area contributed by atoms with E-state index in [0.29, 0.717) is 12.1 Å². The minimum atomic E-state index is 0.500. The van der Waals surface area contributed by atoms with Gasteiger partial charge in [-0.25, -0.2) is 0 Å². The zero-order valence-corrected chi connectivity index (χ0v) is 9.33. The second-order valence-corrected chi connectivity index (χ2v) is 4.07. The Morgan fingerprint density at radius 2 is 1.10 bits per heavy atom. The zero-order valence-electron chi connectivity index (χ0n) is 8.18. The summed E-state index contributed by atoms with van der Waals surface area (Å²) in [6.07, 6.45) is 0. The summed E-state index contributed by atoms with van der Waals surface area (Å²) in [6, 6.07) is 1.000. The molecule has 0 aromatic rings. The Bertz CT molecular complexity index is 47.2. The Balaban J connectivity index is 0. The summed E-state index contributed by atoms with van der Waals surface area (Å²) in [5.74, 6) is 4.42. The van der Waals surface area contributed by atoms with Gasteiger partial charge in [-0.05, 0) is 0 Å². The van der Waals surface area contributed by atoms with Crippen LogP contribution in [0.25, 0.3) is 5.32 Å². The van der Waals surface area contributed by atoms with Crippen LogP contribution in [0, 0.1) is 0 Å². The molecular formula is C8H20AlN. The fraction of sp³-hybridized carbons (Fsp3) is 1.00. The van der Waals surface area contributed by atoms with Crippen molar-refractivity contribution in [3.63, 3.8) is 0 Å². The van der Waals surface area contributed by atoms with E-state index in [4.69, 9.17) is 0 Å². The molecule has 0 aromatic heterocycles. The van der Waals surface area contributed by atoms with Crippen molar-refractivity contribution in [2.24, 2.45) is 0 Å². The van der Waals surface area contributed by atoms with Crippen molar-refractivity contribution in [1.82, 2.24) is 0 Å². The molecule has 0 fully saturated rings. The summed E-state index contributed by atoms with van der Waals surface area (Å²) in [7, 11) is 0. The maximum atomic E-state index is 4.28. The van der Waals surface area contributed by atoms with Gasteiger partial charge >= 0.3 is 26.8 Å². The Kier molecular flexibility index (Phi) is 12.4. The van der Waals surface area contributed by atoms with Crippen LogP contribution >= 0.6 is 0 Å². The van der Waals surface area contributed by atoms with E-state index in [9.17, 15) is 0 Å².